The highest BCUT2D eigenvalue weighted by atomic mass is 35.5. The largest absolute Gasteiger partial charge is 0.367 e. The Morgan fingerprint density at radius 2 is 2.18 bits per heavy atom. The van der Waals surface area contributed by atoms with Gasteiger partial charge in [-0.05, 0) is 12.1 Å². The molecule has 6 nitrogen and oxygen atoms in total. The van der Waals surface area contributed by atoms with Gasteiger partial charge in [0, 0.05) is 26.5 Å². The molecule has 0 spiro atoms. The Bertz CT molecular complexity index is 445. The first kappa shape index (κ1) is 13.1. The smallest absolute Gasteiger partial charge is 0.343 e. The number of halogens is 1. The molecule has 0 aliphatic carbocycles. The molecule has 1 amide bonds. The van der Waals surface area contributed by atoms with Gasteiger partial charge in [-0.2, -0.15) is 0 Å². The molecule has 0 aliphatic rings. The van der Waals surface area contributed by atoms with E-state index in [0.29, 0.717) is 0 Å². The van der Waals surface area contributed by atoms with Gasteiger partial charge in [0.1, 0.15) is 0 Å². The van der Waals surface area contributed by atoms with Crippen molar-refractivity contribution in [2.45, 2.75) is 0 Å². The number of carbonyl (C=O) groups excluding carboxylic acids is 2. The van der Waals surface area contributed by atoms with Gasteiger partial charge in [-0.15, -0.1) is 0 Å². The first-order chi connectivity index (χ1) is 8.02. The van der Waals surface area contributed by atoms with Gasteiger partial charge < -0.3 is 9.74 Å². The molecule has 1 heterocycles. The minimum Gasteiger partial charge on any atom is -0.343 e. The van der Waals surface area contributed by atoms with Crippen LogP contribution in [0, 0.1) is 0 Å². The Morgan fingerprint density at radius 3 is 2.71 bits per heavy atom. The van der Waals surface area contributed by atoms with Crippen LogP contribution in [0.4, 0.5) is 0 Å². The molecule has 0 saturated carbocycles. The summed E-state index contributed by atoms with van der Waals surface area (Å²) in [5, 5.41) is 2.81. The zero-order valence-electron chi connectivity index (χ0n) is 9.25. The Kier molecular flexibility index (Phi) is 4.59. The Balaban J connectivity index is 2.65. The second-order valence-electron chi connectivity index (χ2n) is 3.20. The van der Waals surface area contributed by atoms with Crippen LogP contribution in [0.15, 0.2) is 29.7 Å². The molecule has 7 heteroatoms. The number of pyridine rings is 1. The minimum absolute atomic E-state index is 0.220. The maximum atomic E-state index is 11.4. The first-order valence-electron chi connectivity index (χ1n) is 4.59. The van der Waals surface area contributed by atoms with Gasteiger partial charge in [-0.1, -0.05) is 16.8 Å². The summed E-state index contributed by atoms with van der Waals surface area (Å²) in [6.45, 7) is 0. The van der Waals surface area contributed by atoms with Crippen molar-refractivity contribution in [3.63, 3.8) is 0 Å². The fraction of sp³-hybridized carbons (Fsp3) is 0.200. The van der Waals surface area contributed by atoms with Crippen molar-refractivity contribution < 1.29 is 14.4 Å². The van der Waals surface area contributed by atoms with E-state index in [1.165, 1.54) is 37.5 Å². The van der Waals surface area contributed by atoms with Crippen LogP contribution in [0.3, 0.4) is 0 Å². The molecule has 90 valence electrons. The highest BCUT2D eigenvalue weighted by Crippen LogP contribution is 2.00. The number of oxime groups is 1. The molecule has 1 aromatic heterocycles. The fourth-order valence-electron chi connectivity index (χ4n) is 0.841. The number of carbonyl (C=O) groups is 2. The Labute approximate surface area is 103 Å². The molecular weight excluding hydrogens is 246 g/mol. The number of rotatable bonds is 3. The summed E-state index contributed by atoms with van der Waals surface area (Å²) in [6, 6.07) is 3.08. The molecule has 17 heavy (non-hydrogen) atoms. The predicted molar refractivity (Wildman–Crippen MR) is 61.6 cm³/mol. The van der Waals surface area contributed by atoms with Crippen molar-refractivity contribution >= 4 is 28.6 Å². The summed E-state index contributed by atoms with van der Waals surface area (Å²) in [4.78, 5) is 32.1. The molecular formula is C10H10ClN3O3. The van der Waals surface area contributed by atoms with Crippen LogP contribution in [-0.2, 0) is 9.63 Å². The van der Waals surface area contributed by atoms with Crippen LogP contribution >= 0.6 is 11.6 Å². The summed E-state index contributed by atoms with van der Waals surface area (Å²) in [5.41, 5.74) is 0.220. The van der Waals surface area contributed by atoms with E-state index in [1.54, 1.807) is 6.07 Å². The maximum absolute atomic E-state index is 11.4. The number of nitrogens with zero attached hydrogens (tertiary/aromatic N) is 3. The first-order valence-corrected chi connectivity index (χ1v) is 4.96. The summed E-state index contributed by atoms with van der Waals surface area (Å²) in [7, 11) is 3.01. The third-order valence-electron chi connectivity index (χ3n) is 1.69. The van der Waals surface area contributed by atoms with Crippen molar-refractivity contribution in [1.29, 1.82) is 0 Å². The maximum Gasteiger partial charge on any atom is 0.367 e. The van der Waals surface area contributed by atoms with Crippen molar-refractivity contribution in [2.24, 2.45) is 5.16 Å². The zero-order chi connectivity index (χ0) is 12.8. The molecule has 1 aromatic rings. The molecule has 0 aromatic carbocycles. The van der Waals surface area contributed by atoms with Gasteiger partial charge in [0.2, 0.25) is 5.17 Å². The third-order valence-corrected chi connectivity index (χ3v) is 1.92. The lowest BCUT2D eigenvalue weighted by Crippen LogP contribution is -2.27. The molecule has 0 bridgehead atoms. The van der Waals surface area contributed by atoms with Crippen molar-refractivity contribution in [2.75, 3.05) is 14.1 Å². The SMILES string of the molecule is CN(C)C(=O)/C(Cl)=N/OC(=O)c1cccnc1. The quantitative estimate of drug-likeness (QED) is 0.457. The standard InChI is InChI=1S/C10H10ClN3O3/c1-14(2)9(15)8(11)13-17-10(16)7-4-3-5-12-6-7/h3-6H,1-2H3/b13-8-. The highest BCUT2D eigenvalue weighted by molar-refractivity contribution is 6.82. The summed E-state index contributed by atoms with van der Waals surface area (Å²) in [6.07, 6.45) is 2.84. The van der Waals surface area contributed by atoms with Gasteiger partial charge in [0.25, 0.3) is 5.91 Å². The number of hydrogen-bond acceptors (Lipinski definition) is 5. The molecule has 0 radical (unpaired) electrons. The summed E-state index contributed by atoms with van der Waals surface area (Å²) < 4.78 is 0. The van der Waals surface area contributed by atoms with Crippen LogP contribution in [0.25, 0.3) is 0 Å². The van der Waals surface area contributed by atoms with Gasteiger partial charge in [0.05, 0.1) is 5.56 Å². The van der Waals surface area contributed by atoms with Gasteiger partial charge >= 0.3 is 5.97 Å². The van der Waals surface area contributed by atoms with E-state index in [4.69, 9.17) is 11.6 Å². The number of aromatic nitrogens is 1. The van der Waals surface area contributed by atoms with E-state index in [9.17, 15) is 9.59 Å². The van der Waals surface area contributed by atoms with Crippen LogP contribution in [0.1, 0.15) is 10.4 Å². The topological polar surface area (TPSA) is 71.9 Å². The Hall–Kier alpha value is -1.95. The number of amides is 1. The van der Waals surface area contributed by atoms with Crippen LogP contribution < -0.4 is 0 Å². The van der Waals surface area contributed by atoms with Crippen molar-refractivity contribution in [3.8, 4) is 0 Å². The van der Waals surface area contributed by atoms with Crippen LogP contribution in [-0.4, -0.2) is 41.0 Å². The normalized spacial score (nSPS) is 10.9. The average molecular weight is 256 g/mol. The monoisotopic (exact) mass is 255 g/mol. The van der Waals surface area contributed by atoms with Gasteiger partial charge in [-0.25, -0.2) is 4.79 Å². The van der Waals surface area contributed by atoms with Gasteiger partial charge in [0.15, 0.2) is 0 Å². The molecule has 0 saturated heterocycles. The molecule has 0 atom stereocenters. The lowest BCUT2D eigenvalue weighted by Gasteiger charge is -2.06. The molecule has 0 unspecified atom stereocenters. The minimum atomic E-state index is -0.734. The van der Waals surface area contributed by atoms with E-state index >= 15 is 0 Å². The van der Waals surface area contributed by atoms with Crippen molar-refractivity contribution in [1.82, 2.24) is 9.88 Å². The predicted octanol–water partition coefficient (Wildman–Crippen LogP) is 0.879. The second-order valence-corrected chi connectivity index (χ2v) is 3.56. The average Bonchev–Trinajstić information content (AvgIpc) is 2.35. The van der Waals surface area contributed by atoms with Crippen LogP contribution in [0.2, 0.25) is 0 Å². The summed E-state index contributed by atoms with van der Waals surface area (Å²) >= 11 is 5.52. The van der Waals surface area contributed by atoms with E-state index in [-0.39, 0.29) is 5.56 Å². The molecule has 0 fully saturated rings. The highest BCUT2D eigenvalue weighted by Gasteiger charge is 2.13. The third kappa shape index (κ3) is 3.84. The molecule has 0 N–H and O–H groups in total. The molecule has 0 aliphatic heterocycles. The lowest BCUT2D eigenvalue weighted by molar-refractivity contribution is -0.121. The Morgan fingerprint density at radius 1 is 1.47 bits per heavy atom. The van der Waals surface area contributed by atoms with E-state index in [1.807, 2.05) is 0 Å². The molecule has 1 rings (SSSR count). The fourth-order valence-corrected chi connectivity index (χ4v) is 1.04. The van der Waals surface area contributed by atoms with E-state index < -0.39 is 17.0 Å². The zero-order valence-corrected chi connectivity index (χ0v) is 10.0. The summed E-state index contributed by atoms with van der Waals surface area (Å²) in [5.74, 6) is -1.28. The van der Waals surface area contributed by atoms with Crippen LogP contribution in [0.5, 0.6) is 0 Å². The number of hydrogen-bond donors (Lipinski definition) is 0. The lowest BCUT2D eigenvalue weighted by atomic mass is 10.3. The van der Waals surface area contributed by atoms with Gasteiger partial charge in [-0.3, -0.25) is 9.78 Å². The second kappa shape index (κ2) is 5.95. The van der Waals surface area contributed by atoms with Crippen molar-refractivity contribution in [3.05, 3.63) is 30.1 Å². The van der Waals surface area contributed by atoms with E-state index in [0.717, 1.165) is 0 Å². The van der Waals surface area contributed by atoms with E-state index in [2.05, 4.69) is 15.0 Å².